The van der Waals surface area contributed by atoms with Crippen molar-refractivity contribution in [3.8, 4) is 0 Å². The maximum absolute atomic E-state index is 12.0. The van der Waals surface area contributed by atoms with Crippen molar-refractivity contribution in [1.29, 1.82) is 0 Å². The highest BCUT2D eigenvalue weighted by Gasteiger charge is 2.23. The number of piperidine rings is 1. The zero-order chi connectivity index (χ0) is 13.8. The standard InChI is InChI=1S/C13H20N4O3/c18-13(12-9-19-5-6-20-12)16-10-7-15-17(8-10)11-1-3-14-4-2-11/h7-8,11-12,14H,1-6,9H2,(H,16,18). The molecule has 7 heteroatoms. The van der Waals surface area contributed by atoms with Gasteiger partial charge in [0, 0.05) is 6.20 Å². The molecule has 2 aliphatic rings. The van der Waals surface area contributed by atoms with E-state index in [9.17, 15) is 4.79 Å². The molecule has 2 N–H and O–H groups in total. The third-order valence-corrected chi connectivity index (χ3v) is 3.66. The number of hydrogen-bond acceptors (Lipinski definition) is 5. The number of amides is 1. The summed E-state index contributed by atoms with van der Waals surface area (Å²) < 4.78 is 12.5. The molecule has 1 unspecified atom stereocenters. The molecule has 1 aromatic heterocycles. The number of ether oxygens (including phenoxy) is 2. The van der Waals surface area contributed by atoms with Crippen LogP contribution in [-0.4, -0.2) is 54.7 Å². The second kappa shape index (κ2) is 6.34. The van der Waals surface area contributed by atoms with E-state index >= 15 is 0 Å². The first kappa shape index (κ1) is 13.5. The van der Waals surface area contributed by atoms with Crippen molar-refractivity contribution in [3.63, 3.8) is 0 Å². The van der Waals surface area contributed by atoms with Crippen molar-refractivity contribution < 1.29 is 14.3 Å². The first-order valence-corrected chi connectivity index (χ1v) is 7.08. The van der Waals surface area contributed by atoms with Gasteiger partial charge in [-0.05, 0) is 25.9 Å². The van der Waals surface area contributed by atoms with Crippen LogP contribution in [0.15, 0.2) is 12.4 Å². The average Bonchev–Trinajstić information content (AvgIpc) is 2.97. The Labute approximate surface area is 117 Å². The van der Waals surface area contributed by atoms with Gasteiger partial charge in [-0.25, -0.2) is 0 Å². The lowest BCUT2D eigenvalue weighted by molar-refractivity contribution is -0.142. The van der Waals surface area contributed by atoms with E-state index in [1.165, 1.54) is 0 Å². The average molecular weight is 280 g/mol. The minimum atomic E-state index is -0.522. The molecule has 20 heavy (non-hydrogen) atoms. The molecule has 0 aromatic carbocycles. The van der Waals surface area contributed by atoms with Gasteiger partial charge < -0.3 is 20.1 Å². The highest BCUT2D eigenvalue weighted by Crippen LogP contribution is 2.19. The molecule has 110 valence electrons. The number of rotatable bonds is 3. The van der Waals surface area contributed by atoms with Gasteiger partial charge in [0.05, 0.1) is 37.7 Å². The van der Waals surface area contributed by atoms with Gasteiger partial charge in [-0.1, -0.05) is 0 Å². The van der Waals surface area contributed by atoms with E-state index in [1.54, 1.807) is 6.20 Å². The SMILES string of the molecule is O=C(Nc1cnn(C2CCNCC2)c1)C1COCCO1. The predicted octanol–water partition coefficient (Wildman–Crippen LogP) is 0.161. The number of aromatic nitrogens is 2. The van der Waals surface area contributed by atoms with Crippen LogP contribution in [0.4, 0.5) is 5.69 Å². The highest BCUT2D eigenvalue weighted by atomic mass is 16.6. The Hall–Kier alpha value is -1.44. The van der Waals surface area contributed by atoms with E-state index in [-0.39, 0.29) is 5.91 Å². The van der Waals surface area contributed by atoms with Gasteiger partial charge in [0.15, 0.2) is 6.10 Å². The molecular weight excluding hydrogens is 260 g/mol. The first-order chi connectivity index (χ1) is 9.83. The third-order valence-electron chi connectivity index (χ3n) is 3.66. The van der Waals surface area contributed by atoms with Crippen molar-refractivity contribution in [2.24, 2.45) is 0 Å². The Morgan fingerprint density at radius 1 is 1.40 bits per heavy atom. The minimum absolute atomic E-state index is 0.172. The molecule has 1 atom stereocenters. The van der Waals surface area contributed by atoms with Crippen LogP contribution in [0, 0.1) is 0 Å². The van der Waals surface area contributed by atoms with Gasteiger partial charge in [-0.2, -0.15) is 5.10 Å². The zero-order valence-corrected chi connectivity index (χ0v) is 11.4. The maximum Gasteiger partial charge on any atom is 0.256 e. The van der Waals surface area contributed by atoms with Crippen LogP contribution >= 0.6 is 0 Å². The molecule has 0 saturated carbocycles. The maximum atomic E-state index is 12.0. The Morgan fingerprint density at radius 3 is 3.00 bits per heavy atom. The molecular formula is C13H20N4O3. The summed E-state index contributed by atoms with van der Waals surface area (Å²) in [6.45, 7) is 3.36. The molecule has 2 aliphatic heterocycles. The van der Waals surface area contributed by atoms with Crippen LogP contribution in [-0.2, 0) is 14.3 Å². The molecule has 7 nitrogen and oxygen atoms in total. The summed E-state index contributed by atoms with van der Waals surface area (Å²) in [6, 6.07) is 0.413. The molecule has 3 heterocycles. The van der Waals surface area contributed by atoms with Crippen LogP contribution in [0.3, 0.4) is 0 Å². The summed E-state index contributed by atoms with van der Waals surface area (Å²) in [5.41, 5.74) is 0.711. The minimum Gasteiger partial charge on any atom is -0.376 e. The fourth-order valence-corrected chi connectivity index (χ4v) is 2.54. The summed E-state index contributed by atoms with van der Waals surface area (Å²) in [5.74, 6) is -0.172. The van der Waals surface area contributed by atoms with Crippen molar-refractivity contribution in [2.45, 2.75) is 25.0 Å². The molecule has 1 amide bonds. The normalized spacial score (nSPS) is 24.5. The lowest BCUT2D eigenvalue weighted by atomic mass is 10.1. The van der Waals surface area contributed by atoms with E-state index in [0.29, 0.717) is 31.5 Å². The molecule has 0 spiro atoms. The van der Waals surface area contributed by atoms with Crippen LogP contribution in [0.2, 0.25) is 0 Å². The molecule has 0 aliphatic carbocycles. The number of nitrogens with zero attached hydrogens (tertiary/aromatic N) is 2. The monoisotopic (exact) mass is 280 g/mol. The van der Waals surface area contributed by atoms with Gasteiger partial charge in [-0.15, -0.1) is 0 Å². The Balaban J connectivity index is 1.57. The van der Waals surface area contributed by atoms with Crippen LogP contribution < -0.4 is 10.6 Å². The Morgan fingerprint density at radius 2 is 2.25 bits per heavy atom. The van der Waals surface area contributed by atoms with Crippen molar-refractivity contribution in [3.05, 3.63) is 12.4 Å². The lowest BCUT2D eigenvalue weighted by Gasteiger charge is -2.23. The van der Waals surface area contributed by atoms with Crippen molar-refractivity contribution in [1.82, 2.24) is 15.1 Å². The summed E-state index contributed by atoms with van der Waals surface area (Å²) in [7, 11) is 0. The van der Waals surface area contributed by atoms with Gasteiger partial charge in [0.1, 0.15) is 0 Å². The van der Waals surface area contributed by atoms with Crippen LogP contribution in [0.5, 0.6) is 0 Å². The summed E-state index contributed by atoms with van der Waals surface area (Å²) in [4.78, 5) is 12.0. The number of carbonyl (C=O) groups is 1. The van der Waals surface area contributed by atoms with Gasteiger partial charge >= 0.3 is 0 Å². The first-order valence-electron chi connectivity index (χ1n) is 7.08. The van der Waals surface area contributed by atoms with E-state index in [2.05, 4.69) is 15.7 Å². The van der Waals surface area contributed by atoms with Crippen LogP contribution in [0.1, 0.15) is 18.9 Å². The van der Waals surface area contributed by atoms with Crippen molar-refractivity contribution >= 4 is 11.6 Å². The number of nitrogens with one attached hydrogen (secondary N) is 2. The fraction of sp³-hybridized carbons (Fsp3) is 0.692. The van der Waals surface area contributed by atoms with Crippen molar-refractivity contribution in [2.75, 3.05) is 38.2 Å². The Bertz CT molecular complexity index is 450. The number of carbonyl (C=O) groups excluding carboxylic acids is 1. The molecule has 2 saturated heterocycles. The summed E-state index contributed by atoms with van der Waals surface area (Å²) >= 11 is 0. The summed E-state index contributed by atoms with van der Waals surface area (Å²) in [6.07, 6.45) is 5.18. The van der Waals surface area contributed by atoms with Gasteiger partial charge in [0.2, 0.25) is 0 Å². The van der Waals surface area contributed by atoms with E-state index < -0.39 is 6.10 Å². The van der Waals surface area contributed by atoms with E-state index in [4.69, 9.17) is 9.47 Å². The molecule has 1 aromatic rings. The largest absolute Gasteiger partial charge is 0.376 e. The topological polar surface area (TPSA) is 77.4 Å². The van der Waals surface area contributed by atoms with Crippen LogP contribution in [0.25, 0.3) is 0 Å². The third kappa shape index (κ3) is 3.17. The second-order valence-corrected chi connectivity index (χ2v) is 5.11. The Kier molecular flexibility index (Phi) is 4.29. The quantitative estimate of drug-likeness (QED) is 0.825. The smallest absolute Gasteiger partial charge is 0.256 e. The predicted molar refractivity (Wildman–Crippen MR) is 72.6 cm³/mol. The molecule has 3 rings (SSSR count). The zero-order valence-electron chi connectivity index (χ0n) is 11.4. The molecule has 0 radical (unpaired) electrons. The molecule has 2 fully saturated rings. The van der Waals surface area contributed by atoms with E-state index in [1.807, 2.05) is 10.9 Å². The number of anilines is 1. The second-order valence-electron chi connectivity index (χ2n) is 5.11. The summed E-state index contributed by atoms with van der Waals surface area (Å²) in [5, 5.41) is 10.5. The highest BCUT2D eigenvalue weighted by molar-refractivity contribution is 5.94. The molecule has 0 bridgehead atoms. The fourth-order valence-electron chi connectivity index (χ4n) is 2.54. The lowest BCUT2D eigenvalue weighted by Crippen LogP contribution is -2.39. The number of hydrogen-bond donors (Lipinski definition) is 2. The van der Waals surface area contributed by atoms with Gasteiger partial charge in [-0.3, -0.25) is 9.48 Å². The van der Waals surface area contributed by atoms with Gasteiger partial charge in [0.25, 0.3) is 5.91 Å². The van der Waals surface area contributed by atoms with E-state index in [0.717, 1.165) is 25.9 Å².